The number of hydrogen-bond acceptors (Lipinski definition) is 6. The molecule has 168 valence electrons. The predicted molar refractivity (Wildman–Crippen MR) is 121 cm³/mol. The van der Waals surface area contributed by atoms with E-state index in [1.54, 1.807) is 14.2 Å². The third kappa shape index (κ3) is 5.32. The maximum atomic E-state index is 6.07. The van der Waals surface area contributed by atoms with E-state index in [0.29, 0.717) is 6.61 Å². The van der Waals surface area contributed by atoms with E-state index in [0.717, 1.165) is 62.1 Å². The van der Waals surface area contributed by atoms with E-state index in [1.807, 2.05) is 12.1 Å². The quantitative estimate of drug-likeness (QED) is 0.702. The Bertz CT molecular complexity index is 878. The van der Waals surface area contributed by atoms with Crippen LogP contribution in [0.4, 0.5) is 0 Å². The van der Waals surface area contributed by atoms with Gasteiger partial charge in [-0.3, -0.25) is 9.80 Å². The summed E-state index contributed by atoms with van der Waals surface area (Å²) in [6.45, 7) is 10.4. The van der Waals surface area contributed by atoms with Gasteiger partial charge in [0.15, 0.2) is 11.5 Å². The van der Waals surface area contributed by atoms with E-state index in [4.69, 9.17) is 18.9 Å². The van der Waals surface area contributed by atoms with Gasteiger partial charge in [-0.15, -0.1) is 0 Å². The lowest BCUT2D eigenvalue weighted by Gasteiger charge is -2.35. The van der Waals surface area contributed by atoms with Gasteiger partial charge in [-0.05, 0) is 37.6 Å². The highest BCUT2D eigenvalue weighted by Gasteiger charge is 2.23. The highest BCUT2D eigenvalue weighted by atomic mass is 16.5. The van der Waals surface area contributed by atoms with Crippen molar-refractivity contribution in [1.82, 2.24) is 9.80 Å². The fourth-order valence-corrected chi connectivity index (χ4v) is 4.73. The van der Waals surface area contributed by atoms with Crippen molar-refractivity contribution < 1.29 is 18.9 Å². The monoisotopic (exact) mass is 426 g/mol. The summed E-state index contributed by atoms with van der Waals surface area (Å²) in [6, 6.07) is 12.7. The van der Waals surface area contributed by atoms with Crippen molar-refractivity contribution in [2.75, 3.05) is 40.5 Å². The Hall–Kier alpha value is -2.28. The number of benzene rings is 2. The molecule has 0 saturated carbocycles. The number of para-hydroxylation sites is 1. The zero-order valence-electron chi connectivity index (χ0n) is 19.1. The summed E-state index contributed by atoms with van der Waals surface area (Å²) in [5, 5.41) is 0. The molecule has 0 radical (unpaired) electrons. The lowest BCUT2D eigenvalue weighted by molar-refractivity contribution is -0.0704. The average molecular weight is 427 g/mol. The van der Waals surface area contributed by atoms with Crippen LogP contribution in [0.3, 0.4) is 0 Å². The topological polar surface area (TPSA) is 43.4 Å². The first-order valence-electron chi connectivity index (χ1n) is 11.1. The number of ether oxygens (including phenoxy) is 4. The standard InChI is InChI=1S/C25H34N2O4/c1-18-13-27(14-19(2)31-18)15-20-8-9-23-22(12-20)17-26(10-11-30-23)16-21-6-5-7-24(28-3)25(21)29-4/h5-9,12,18-19H,10-11,13-17H2,1-4H3/t18-,19+. The van der Waals surface area contributed by atoms with Gasteiger partial charge in [0.25, 0.3) is 0 Å². The van der Waals surface area contributed by atoms with Crippen molar-refractivity contribution in [3.8, 4) is 17.2 Å². The van der Waals surface area contributed by atoms with Gasteiger partial charge in [0.05, 0.1) is 26.4 Å². The van der Waals surface area contributed by atoms with Crippen LogP contribution in [-0.4, -0.2) is 62.5 Å². The van der Waals surface area contributed by atoms with Crippen LogP contribution in [0.15, 0.2) is 36.4 Å². The summed E-state index contributed by atoms with van der Waals surface area (Å²) in [4.78, 5) is 4.89. The van der Waals surface area contributed by atoms with Crippen LogP contribution in [0.25, 0.3) is 0 Å². The van der Waals surface area contributed by atoms with Crippen LogP contribution < -0.4 is 14.2 Å². The summed E-state index contributed by atoms with van der Waals surface area (Å²) >= 11 is 0. The maximum Gasteiger partial charge on any atom is 0.165 e. The van der Waals surface area contributed by atoms with Crippen LogP contribution >= 0.6 is 0 Å². The lowest BCUT2D eigenvalue weighted by Crippen LogP contribution is -2.44. The van der Waals surface area contributed by atoms with Crippen LogP contribution in [0.5, 0.6) is 17.2 Å². The minimum atomic E-state index is 0.279. The SMILES string of the molecule is COc1cccc(CN2CCOc3ccc(CN4C[C@@H](C)O[C@@H](C)C4)cc3C2)c1OC. The minimum Gasteiger partial charge on any atom is -0.493 e. The highest BCUT2D eigenvalue weighted by Crippen LogP contribution is 2.33. The Balaban J connectivity index is 1.49. The lowest BCUT2D eigenvalue weighted by atomic mass is 10.1. The third-order valence-electron chi connectivity index (χ3n) is 5.96. The fourth-order valence-electron chi connectivity index (χ4n) is 4.73. The molecule has 1 fully saturated rings. The van der Waals surface area contributed by atoms with Crippen molar-refractivity contribution in [3.05, 3.63) is 53.1 Å². The van der Waals surface area contributed by atoms with Gasteiger partial charge in [0.2, 0.25) is 0 Å². The first-order chi connectivity index (χ1) is 15.1. The van der Waals surface area contributed by atoms with E-state index >= 15 is 0 Å². The zero-order chi connectivity index (χ0) is 21.8. The van der Waals surface area contributed by atoms with Crippen molar-refractivity contribution in [2.24, 2.45) is 0 Å². The molecular weight excluding hydrogens is 392 g/mol. The maximum absolute atomic E-state index is 6.07. The molecule has 31 heavy (non-hydrogen) atoms. The third-order valence-corrected chi connectivity index (χ3v) is 5.96. The normalized spacial score (nSPS) is 22.3. The Labute approximate surface area is 185 Å². The molecule has 0 amide bonds. The largest absolute Gasteiger partial charge is 0.493 e. The number of methoxy groups -OCH3 is 2. The molecule has 6 heteroatoms. The molecule has 0 unspecified atom stereocenters. The molecule has 0 aromatic heterocycles. The van der Waals surface area contributed by atoms with E-state index in [-0.39, 0.29) is 12.2 Å². The summed E-state index contributed by atoms with van der Waals surface area (Å²) in [5.74, 6) is 2.56. The van der Waals surface area contributed by atoms with E-state index in [1.165, 1.54) is 11.1 Å². The highest BCUT2D eigenvalue weighted by molar-refractivity contribution is 5.46. The van der Waals surface area contributed by atoms with Crippen molar-refractivity contribution >= 4 is 0 Å². The van der Waals surface area contributed by atoms with Gasteiger partial charge in [0.1, 0.15) is 12.4 Å². The Morgan fingerprint density at radius 3 is 2.52 bits per heavy atom. The molecule has 4 rings (SSSR count). The molecule has 0 spiro atoms. The van der Waals surface area contributed by atoms with Crippen molar-refractivity contribution in [2.45, 2.75) is 45.7 Å². The molecule has 0 bridgehead atoms. The molecule has 0 aliphatic carbocycles. The molecule has 0 N–H and O–H groups in total. The summed E-state index contributed by atoms with van der Waals surface area (Å²) in [5.41, 5.74) is 3.69. The van der Waals surface area contributed by atoms with E-state index in [9.17, 15) is 0 Å². The van der Waals surface area contributed by atoms with E-state index < -0.39 is 0 Å². The Kier molecular flexibility index (Phi) is 7.00. The molecule has 2 aromatic rings. The second kappa shape index (κ2) is 9.90. The van der Waals surface area contributed by atoms with Crippen molar-refractivity contribution in [3.63, 3.8) is 0 Å². The van der Waals surface area contributed by atoms with Gasteiger partial charge in [-0.1, -0.05) is 18.2 Å². The molecular formula is C25H34N2O4. The fraction of sp³-hybridized carbons (Fsp3) is 0.520. The molecule has 6 nitrogen and oxygen atoms in total. The molecule has 1 saturated heterocycles. The van der Waals surface area contributed by atoms with E-state index in [2.05, 4.69) is 47.9 Å². The molecule has 2 aliphatic rings. The van der Waals surface area contributed by atoms with Crippen LogP contribution in [0.2, 0.25) is 0 Å². The van der Waals surface area contributed by atoms with Crippen molar-refractivity contribution in [1.29, 1.82) is 0 Å². The Morgan fingerprint density at radius 2 is 1.77 bits per heavy atom. The molecule has 2 aliphatic heterocycles. The first-order valence-corrected chi connectivity index (χ1v) is 11.1. The van der Waals surface area contributed by atoms with Gasteiger partial charge in [0, 0.05) is 50.4 Å². The second-order valence-electron chi connectivity index (χ2n) is 8.61. The number of hydrogen-bond donors (Lipinski definition) is 0. The van der Waals surface area contributed by atoms with Crippen LogP contribution in [-0.2, 0) is 24.4 Å². The second-order valence-corrected chi connectivity index (χ2v) is 8.61. The molecule has 2 atom stereocenters. The molecule has 2 aromatic carbocycles. The molecule has 2 heterocycles. The van der Waals surface area contributed by atoms with Gasteiger partial charge in [-0.2, -0.15) is 0 Å². The first kappa shape index (κ1) is 21.9. The summed E-state index contributed by atoms with van der Waals surface area (Å²) in [6.07, 6.45) is 0.558. The summed E-state index contributed by atoms with van der Waals surface area (Å²) in [7, 11) is 3.37. The predicted octanol–water partition coefficient (Wildman–Crippen LogP) is 3.71. The van der Waals surface area contributed by atoms with Crippen LogP contribution in [0.1, 0.15) is 30.5 Å². The number of rotatable bonds is 6. The zero-order valence-corrected chi connectivity index (χ0v) is 19.1. The van der Waals surface area contributed by atoms with Gasteiger partial charge >= 0.3 is 0 Å². The van der Waals surface area contributed by atoms with Crippen LogP contribution in [0, 0.1) is 0 Å². The summed E-state index contributed by atoms with van der Waals surface area (Å²) < 4.78 is 23.0. The Morgan fingerprint density at radius 1 is 0.968 bits per heavy atom. The average Bonchev–Trinajstić information content (AvgIpc) is 2.94. The van der Waals surface area contributed by atoms with Gasteiger partial charge in [-0.25, -0.2) is 0 Å². The number of fused-ring (bicyclic) bond motifs is 1. The number of nitrogens with zero attached hydrogens (tertiary/aromatic N) is 2. The number of morpholine rings is 1. The minimum absolute atomic E-state index is 0.279. The smallest absolute Gasteiger partial charge is 0.165 e. The van der Waals surface area contributed by atoms with Gasteiger partial charge < -0.3 is 18.9 Å².